The standard InChI is InChI=1S/C18H12Cl2N2O.Si/c19-13-9-7-12(8-10-13)14-4-1-2-6-16(14)22-18(23)15-5-3-11-21-17(15)20;/h1-11H,(H,22,23);. The van der Waals surface area contributed by atoms with Gasteiger partial charge >= 0.3 is 0 Å². The highest BCUT2D eigenvalue weighted by Gasteiger charge is 2.13. The van der Waals surface area contributed by atoms with Gasteiger partial charge in [0.05, 0.1) is 5.56 Å². The number of carbonyl (C=O) groups excluding carboxylic acids is 1. The van der Waals surface area contributed by atoms with Gasteiger partial charge in [0.25, 0.3) is 5.91 Å². The van der Waals surface area contributed by atoms with E-state index in [0.717, 1.165) is 11.1 Å². The van der Waals surface area contributed by atoms with Crippen LogP contribution in [0.2, 0.25) is 10.2 Å². The second-order valence-electron chi connectivity index (χ2n) is 4.85. The highest BCUT2D eigenvalue weighted by atomic mass is 35.5. The number of hydrogen-bond donors (Lipinski definition) is 1. The van der Waals surface area contributed by atoms with Crippen LogP contribution in [0.1, 0.15) is 10.4 Å². The first-order valence-corrected chi connectivity index (χ1v) is 7.67. The molecule has 0 aliphatic rings. The van der Waals surface area contributed by atoms with Crippen molar-refractivity contribution >= 4 is 45.8 Å². The third kappa shape index (κ3) is 4.03. The SMILES string of the molecule is O=C(Nc1ccccc1-c1ccc(Cl)cc1)c1cccnc1Cl.[Si]. The molecule has 1 N–H and O–H groups in total. The highest BCUT2D eigenvalue weighted by molar-refractivity contribution is 6.33. The van der Waals surface area contributed by atoms with Crippen molar-refractivity contribution in [2.75, 3.05) is 5.32 Å². The summed E-state index contributed by atoms with van der Waals surface area (Å²) in [6.07, 6.45) is 1.54. The molecule has 0 bridgehead atoms. The lowest BCUT2D eigenvalue weighted by molar-refractivity contribution is 0.102. The van der Waals surface area contributed by atoms with Gasteiger partial charge in [-0.05, 0) is 35.9 Å². The number of amides is 1. The third-order valence-corrected chi connectivity index (χ3v) is 3.89. The van der Waals surface area contributed by atoms with Gasteiger partial charge < -0.3 is 5.32 Å². The predicted molar refractivity (Wildman–Crippen MR) is 99.8 cm³/mol. The van der Waals surface area contributed by atoms with Crippen LogP contribution in [0.4, 0.5) is 5.69 Å². The fourth-order valence-electron chi connectivity index (χ4n) is 2.22. The van der Waals surface area contributed by atoms with E-state index in [2.05, 4.69) is 10.3 Å². The van der Waals surface area contributed by atoms with Gasteiger partial charge in [0.15, 0.2) is 0 Å². The molecule has 24 heavy (non-hydrogen) atoms. The summed E-state index contributed by atoms with van der Waals surface area (Å²) in [5.41, 5.74) is 2.89. The van der Waals surface area contributed by atoms with Crippen molar-refractivity contribution in [2.45, 2.75) is 0 Å². The van der Waals surface area contributed by atoms with Crippen LogP contribution >= 0.6 is 23.2 Å². The van der Waals surface area contributed by atoms with Gasteiger partial charge in [-0.3, -0.25) is 4.79 Å². The van der Waals surface area contributed by atoms with E-state index in [9.17, 15) is 4.79 Å². The van der Waals surface area contributed by atoms with Crippen molar-refractivity contribution in [3.63, 3.8) is 0 Å². The number of nitrogens with zero attached hydrogens (tertiary/aromatic N) is 1. The molecule has 3 aromatic rings. The van der Waals surface area contributed by atoms with Gasteiger partial charge in [0.1, 0.15) is 5.15 Å². The number of nitrogens with one attached hydrogen (secondary N) is 1. The molecule has 0 fully saturated rings. The second-order valence-corrected chi connectivity index (χ2v) is 5.64. The molecule has 0 spiro atoms. The predicted octanol–water partition coefficient (Wildman–Crippen LogP) is 4.93. The molecule has 4 radical (unpaired) electrons. The van der Waals surface area contributed by atoms with Crippen LogP contribution in [0, 0.1) is 0 Å². The Morgan fingerprint density at radius 1 is 0.917 bits per heavy atom. The van der Waals surface area contributed by atoms with E-state index in [4.69, 9.17) is 23.2 Å². The lowest BCUT2D eigenvalue weighted by Gasteiger charge is -2.12. The summed E-state index contributed by atoms with van der Waals surface area (Å²) in [4.78, 5) is 16.3. The second kappa shape index (κ2) is 8.10. The van der Waals surface area contributed by atoms with E-state index in [1.165, 1.54) is 0 Å². The molecule has 2 aromatic carbocycles. The van der Waals surface area contributed by atoms with Gasteiger partial charge in [0, 0.05) is 33.4 Å². The molecule has 0 aliphatic heterocycles. The molecule has 118 valence electrons. The van der Waals surface area contributed by atoms with Crippen molar-refractivity contribution < 1.29 is 4.79 Å². The Morgan fingerprint density at radius 3 is 2.33 bits per heavy atom. The Bertz CT molecular complexity index is 854. The van der Waals surface area contributed by atoms with Gasteiger partial charge in [-0.1, -0.05) is 53.5 Å². The molecule has 3 rings (SSSR count). The number of pyridine rings is 1. The number of benzene rings is 2. The minimum absolute atomic E-state index is 0. The quantitative estimate of drug-likeness (QED) is 0.524. The van der Waals surface area contributed by atoms with Crippen molar-refractivity contribution in [1.82, 2.24) is 4.98 Å². The Morgan fingerprint density at radius 2 is 1.62 bits per heavy atom. The topological polar surface area (TPSA) is 42.0 Å². The normalized spacial score (nSPS) is 9.92. The fraction of sp³-hybridized carbons (Fsp3) is 0. The van der Waals surface area contributed by atoms with Crippen molar-refractivity contribution in [3.8, 4) is 11.1 Å². The lowest BCUT2D eigenvalue weighted by Crippen LogP contribution is -2.13. The number of hydrogen-bond acceptors (Lipinski definition) is 2. The Hall–Kier alpha value is -2.14. The zero-order valence-electron chi connectivity index (χ0n) is 12.5. The maximum Gasteiger partial charge on any atom is 0.258 e. The van der Waals surface area contributed by atoms with Gasteiger partial charge in [-0.2, -0.15) is 0 Å². The average Bonchev–Trinajstić information content (AvgIpc) is 2.56. The van der Waals surface area contributed by atoms with Crippen LogP contribution in [0.5, 0.6) is 0 Å². The zero-order chi connectivity index (χ0) is 16.2. The molecule has 0 unspecified atom stereocenters. The zero-order valence-corrected chi connectivity index (χ0v) is 15.0. The number of para-hydroxylation sites is 1. The summed E-state index contributed by atoms with van der Waals surface area (Å²) in [5.74, 6) is -0.301. The number of halogens is 2. The smallest absolute Gasteiger partial charge is 0.258 e. The van der Waals surface area contributed by atoms with E-state index >= 15 is 0 Å². The van der Waals surface area contributed by atoms with Gasteiger partial charge in [-0.15, -0.1) is 0 Å². The molecular formula is C18H12Cl2N2OSi. The summed E-state index contributed by atoms with van der Waals surface area (Å²) in [5, 5.41) is 3.72. The maximum atomic E-state index is 12.4. The number of anilines is 1. The highest BCUT2D eigenvalue weighted by Crippen LogP contribution is 2.29. The molecule has 0 aliphatic carbocycles. The van der Waals surface area contributed by atoms with Crippen molar-refractivity contribution in [3.05, 3.63) is 82.6 Å². The minimum Gasteiger partial charge on any atom is -0.321 e. The van der Waals surface area contributed by atoms with Gasteiger partial charge in [0.2, 0.25) is 0 Å². The van der Waals surface area contributed by atoms with Crippen LogP contribution in [-0.4, -0.2) is 21.9 Å². The third-order valence-electron chi connectivity index (χ3n) is 3.33. The Balaban J connectivity index is 0.00000208. The molecule has 0 saturated heterocycles. The van der Waals surface area contributed by atoms with E-state index in [-0.39, 0.29) is 22.0 Å². The first-order chi connectivity index (χ1) is 11.1. The Kier molecular flexibility index (Phi) is 6.14. The molecule has 1 heterocycles. The molecule has 3 nitrogen and oxygen atoms in total. The maximum absolute atomic E-state index is 12.4. The van der Waals surface area contributed by atoms with Crippen LogP contribution in [0.15, 0.2) is 66.9 Å². The Labute approximate surface area is 154 Å². The molecule has 1 aromatic heterocycles. The largest absolute Gasteiger partial charge is 0.321 e. The molecule has 0 atom stereocenters. The van der Waals surface area contributed by atoms with E-state index in [1.54, 1.807) is 18.3 Å². The molecule has 1 amide bonds. The summed E-state index contributed by atoms with van der Waals surface area (Å²) in [6.45, 7) is 0. The van der Waals surface area contributed by atoms with E-state index in [0.29, 0.717) is 16.3 Å². The first kappa shape index (κ1) is 18.2. The first-order valence-electron chi connectivity index (χ1n) is 6.92. The van der Waals surface area contributed by atoms with Crippen LogP contribution in [0.25, 0.3) is 11.1 Å². The van der Waals surface area contributed by atoms with E-state index < -0.39 is 0 Å². The van der Waals surface area contributed by atoms with Crippen LogP contribution in [-0.2, 0) is 0 Å². The number of aromatic nitrogens is 1. The number of carbonyl (C=O) groups is 1. The summed E-state index contributed by atoms with van der Waals surface area (Å²) >= 11 is 11.9. The number of rotatable bonds is 3. The summed E-state index contributed by atoms with van der Waals surface area (Å²) in [6, 6.07) is 18.3. The van der Waals surface area contributed by atoms with Gasteiger partial charge in [-0.25, -0.2) is 4.98 Å². The summed E-state index contributed by atoms with van der Waals surface area (Å²) in [7, 11) is 0. The molecular weight excluding hydrogens is 359 g/mol. The van der Waals surface area contributed by atoms with Crippen molar-refractivity contribution in [2.24, 2.45) is 0 Å². The summed E-state index contributed by atoms with van der Waals surface area (Å²) < 4.78 is 0. The van der Waals surface area contributed by atoms with Crippen molar-refractivity contribution in [1.29, 1.82) is 0 Å². The van der Waals surface area contributed by atoms with E-state index in [1.807, 2.05) is 48.5 Å². The van der Waals surface area contributed by atoms with Crippen LogP contribution < -0.4 is 5.32 Å². The molecule has 6 heteroatoms. The fourth-order valence-corrected chi connectivity index (χ4v) is 2.55. The lowest BCUT2D eigenvalue weighted by atomic mass is 10.0. The average molecular weight is 371 g/mol. The van der Waals surface area contributed by atoms with Crippen LogP contribution in [0.3, 0.4) is 0 Å². The molecule has 0 saturated carbocycles. The monoisotopic (exact) mass is 370 g/mol. The minimum atomic E-state index is -0.301.